The second-order valence-electron chi connectivity index (χ2n) is 5.69. The van der Waals surface area contributed by atoms with Gasteiger partial charge in [-0.05, 0) is 35.4 Å². The summed E-state index contributed by atoms with van der Waals surface area (Å²) in [4.78, 5) is 23.4. The van der Waals surface area contributed by atoms with Gasteiger partial charge in [0.05, 0.1) is 12.8 Å². The number of rotatable bonds is 10. The molecule has 0 radical (unpaired) electrons. The molecule has 0 aromatic heterocycles. The molecule has 0 N–H and O–H groups in total. The molecule has 0 aliphatic rings. The summed E-state index contributed by atoms with van der Waals surface area (Å²) in [5, 5.41) is 1.29. The topological polar surface area (TPSA) is 52.6 Å². The molecule has 2 rings (SSSR count). The van der Waals surface area contributed by atoms with Gasteiger partial charge in [0.25, 0.3) is 0 Å². The number of hydrogen-bond acceptors (Lipinski definition) is 5. The van der Waals surface area contributed by atoms with Crippen molar-refractivity contribution in [2.24, 2.45) is 0 Å². The van der Waals surface area contributed by atoms with Crippen LogP contribution in [0.25, 0.3) is 0 Å². The largest absolute Gasteiger partial charge is 0.461 e. The van der Waals surface area contributed by atoms with Crippen LogP contribution in [-0.4, -0.2) is 23.4 Å². The molecule has 0 saturated heterocycles. The highest BCUT2D eigenvalue weighted by atomic mass is 35.5. The van der Waals surface area contributed by atoms with E-state index in [-0.39, 0.29) is 25.2 Å². The standard InChI is InChI=1S/C20H20Cl2O4S/c21-17-5-1-15(2-6-17)13-25-19(23)9-11-27-12-10-20(24)26-14-16-3-7-18(22)8-4-16/h1-8H,9-14H2. The van der Waals surface area contributed by atoms with Crippen molar-refractivity contribution in [3.05, 3.63) is 69.7 Å². The molecule has 0 heterocycles. The third kappa shape index (κ3) is 9.18. The van der Waals surface area contributed by atoms with Crippen LogP contribution in [0.1, 0.15) is 24.0 Å². The fourth-order valence-corrected chi connectivity index (χ4v) is 3.12. The predicted octanol–water partition coefficient (Wildman–Crippen LogP) is 5.29. The summed E-state index contributed by atoms with van der Waals surface area (Å²) in [6.45, 7) is 0.468. The van der Waals surface area contributed by atoms with Crippen molar-refractivity contribution in [3.63, 3.8) is 0 Å². The molecule has 144 valence electrons. The van der Waals surface area contributed by atoms with Gasteiger partial charge in [-0.3, -0.25) is 9.59 Å². The quantitative estimate of drug-likeness (QED) is 0.381. The SMILES string of the molecule is O=C(CCSCCC(=O)OCc1ccc(Cl)cc1)OCc1ccc(Cl)cc1. The van der Waals surface area contributed by atoms with Crippen LogP contribution in [0.5, 0.6) is 0 Å². The number of carbonyl (C=O) groups is 2. The molecule has 0 spiro atoms. The number of halogens is 2. The van der Waals surface area contributed by atoms with Crippen molar-refractivity contribution in [1.29, 1.82) is 0 Å². The lowest BCUT2D eigenvalue weighted by Gasteiger charge is -2.06. The maximum atomic E-state index is 11.7. The van der Waals surface area contributed by atoms with Gasteiger partial charge in [-0.25, -0.2) is 0 Å². The predicted molar refractivity (Wildman–Crippen MR) is 109 cm³/mol. The zero-order valence-corrected chi connectivity index (χ0v) is 17.0. The van der Waals surface area contributed by atoms with Crippen LogP contribution in [0.2, 0.25) is 10.0 Å². The van der Waals surface area contributed by atoms with Crippen molar-refractivity contribution in [2.45, 2.75) is 26.1 Å². The molecule has 7 heteroatoms. The number of carbonyl (C=O) groups excluding carboxylic acids is 2. The normalized spacial score (nSPS) is 10.4. The number of thioether (sulfide) groups is 1. The van der Waals surface area contributed by atoms with E-state index in [1.165, 1.54) is 11.8 Å². The Kier molecular flexibility index (Phi) is 9.53. The highest BCUT2D eigenvalue weighted by Gasteiger charge is 2.06. The molecule has 27 heavy (non-hydrogen) atoms. The molecule has 0 atom stereocenters. The Labute approximate surface area is 173 Å². The zero-order chi connectivity index (χ0) is 19.5. The molecule has 0 bridgehead atoms. The first-order valence-electron chi connectivity index (χ1n) is 8.41. The van der Waals surface area contributed by atoms with Crippen LogP contribution in [-0.2, 0) is 32.3 Å². The molecule has 0 saturated carbocycles. The maximum absolute atomic E-state index is 11.7. The minimum atomic E-state index is -0.261. The molecule has 0 aliphatic carbocycles. The average molecular weight is 427 g/mol. The number of hydrogen-bond donors (Lipinski definition) is 0. The van der Waals surface area contributed by atoms with Crippen molar-refractivity contribution >= 4 is 46.9 Å². The minimum Gasteiger partial charge on any atom is -0.461 e. The van der Waals surface area contributed by atoms with Gasteiger partial charge in [-0.15, -0.1) is 0 Å². The van der Waals surface area contributed by atoms with E-state index in [0.29, 0.717) is 34.4 Å². The Morgan fingerprint density at radius 1 is 0.704 bits per heavy atom. The van der Waals surface area contributed by atoms with Crippen LogP contribution in [0, 0.1) is 0 Å². The minimum absolute atomic E-state index is 0.234. The van der Waals surface area contributed by atoms with E-state index < -0.39 is 0 Å². The van der Waals surface area contributed by atoms with E-state index in [1.54, 1.807) is 24.3 Å². The zero-order valence-electron chi connectivity index (χ0n) is 14.7. The summed E-state index contributed by atoms with van der Waals surface area (Å²) in [6.07, 6.45) is 0.607. The van der Waals surface area contributed by atoms with Gasteiger partial charge >= 0.3 is 11.9 Å². The molecule has 4 nitrogen and oxygen atoms in total. The molecule has 0 aliphatic heterocycles. The van der Waals surface area contributed by atoms with E-state index in [9.17, 15) is 9.59 Å². The summed E-state index contributed by atoms with van der Waals surface area (Å²) in [5.74, 6) is 0.680. The molecular weight excluding hydrogens is 407 g/mol. The first-order chi connectivity index (χ1) is 13.0. The lowest BCUT2D eigenvalue weighted by atomic mass is 10.2. The molecule has 0 unspecified atom stereocenters. The smallest absolute Gasteiger partial charge is 0.306 e. The molecule has 2 aromatic rings. The van der Waals surface area contributed by atoms with Crippen molar-refractivity contribution in [3.8, 4) is 0 Å². The van der Waals surface area contributed by atoms with Crippen LogP contribution >= 0.6 is 35.0 Å². The van der Waals surface area contributed by atoms with Crippen LogP contribution < -0.4 is 0 Å². The first-order valence-corrected chi connectivity index (χ1v) is 10.3. The summed E-state index contributed by atoms with van der Waals surface area (Å²) in [7, 11) is 0. The van der Waals surface area contributed by atoms with Gasteiger partial charge in [0.1, 0.15) is 13.2 Å². The Balaban J connectivity index is 1.50. The third-order valence-corrected chi connectivity index (χ3v) is 5.02. The van der Waals surface area contributed by atoms with Gasteiger partial charge in [-0.1, -0.05) is 47.5 Å². The average Bonchev–Trinajstić information content (AvgIpc) is 2.67. The Hall–Kier alpha value is -1.69. The van der Waals surface area contributed by atoms with Crippen molar-refractivity contribution < 1.29 is 19.1 Å². The molecule has 0 amide bonds. The monoisotopic (exact) mass is 426 g/mol. The number of ether oxygens (including phenoxy) is 2. The molecular formula is C20H20Cl2O4S. The Bertz CT molecular complexity index is 669. The summed E-state index contributed by atoms with van der Waals surface area (Å²) in [5.41, 5.74) is 1.78. The van der Waals surface area contributed by atoms with Gasteiger partial charge < -0.3 is 9.47 Å². The maximum Gasteiger partial charge on any atom is 0.306 e. The van der Waals surface area contributed by atoms with Gasteiger partial charge in [0.2, 0.25) is 0 Å². The fraction of sp³-hybridized carbons (Fsp3) is 0.300. The lowest BCUT2D eigenvalue weighted by Crippen LogP contribution is -2.07. The second-order valence-corrected chi connectivity index (χ2v) is 7.78. The van der Waals surface area contributed by atoms with Crippen molar-refractivity contribution in [1.82, 2.24) is 0 Å². The summed E-state index contributed by atoms with van der Waals surface area (Å²) >= 11 is 13.1. The van der Waals surface area contributed by atoms with Crippen molar-refractivity contribution in [2.75, 3.05) is 11.5 Å². The highest BCUT2D eigenvalue weighted by molar-refractivity contribution is 7.99. The number of esters is 2. The van der Waals surface area contributed by atoms with Crippen LogP contribution in [0.4, 0.5) is 0 Å². The van der Waals surface area contributed by atoms with E-state index in [1.807, 2.05) is 24.3 Å². The van der Waals surface area contributed by atoms with E-state index >= 15 is 0 Å². The highest BCUT2D eigenvalue weighted by Crippen LogP contribution is 2.13. The third-order valence-electron chi connectivity index (χ3n) is 3.53. The van der Waals surface area contributed by atoms with Gasteiger partial charge in [0, 0.05) is 21.6 Å². The molecule has 0 fully saturated rings. The Morgan fingerprint density at radius 2 is 1.07 bits per heavy atom. The summed E-state index contributed by atoms with van der Waals surface area (Å²) < 4.78 is 10.4. The number of benzene rings is 2. The summed E-state index contributed by atoms with van der Waals surface area (Å²) in [6, 6.07) is 14.3. The van der Waals surface area contributed by atoms with Gasteiger partial charge in [-0.2, -0.15) is 11.8 Å². The first kappa shape index (κ1) is 21.6. The lowest BCUT2D eigenvalue weighted by molar-refractivity contribution is -0.145. The van der Waals surface area contributed by atoms with E-state index in [2.05, 4.69) is 0 Å². The van der Waals surface area contributed by atoms with E-state index in [0.717, 1.165) is 11.1 Å². The Morgan fingerprint density at radius 3 is 1.44 bits per heavy atom. The van der Waals surface area contributed by atoms with E-state index in [4.69, 9.17) is 32.7 Å². The van der Waals surface area contributed by atoms with Crippen LogP contribution in [0.3, 0.4) is 0 Å². The fourth-order valence-electron chi connectivity index (χ4n) is 2.05. The second kappa shape index (κ2) is 11.9. The van der Waals surface area contributed by atoms with Crippen LogP contribution in [0.15, 0.2) is 48.5 Å². The molecule has 2 aromatic carbocycles. The van der Waals surface area contributed by atoms with Gasteiger partial charge in [0.15, 0.2) is 0 Å².